The van der Waals surface area contributed by atoms with E-state index < -0.39 is 0 Å². The first kappa shape index (κ1) is 12.8. The van der Waals surface area contributed by atoms with Crippen LogP contribution in [0.4, 0.5) is 0 Å². The minimum absolute atomic E-state index is 0.0382. The number of aromatic nitrogens is 2. The number of nitrogens with one attached hydrogen (secondary N) is 1. The van der Waals surface area contributed by atoms with Crippen LogP contribution >= 0.6 is 15.9 Å². The summed E-state index contributed by atoms with van der Waals surface area (Å²) in [7, 11) is 1.82. The minimum Gasteiger partial charge on any atom is -0.316 e. The molecule has 5 heteroatoms. The van der Waals surface area contributed by atoms with Crippen molar-refractivity contribution in [3.05, 3.63) is 38.3 Å². The van der Waals surface area contributed by atoms with Gasteiger partial charge in [0.25, 0.3) is 5.56 Å². The number of halogens is 1. The van der Waals surface area contributed by atoms with E-state index in [1.165, 1.54) is 0 Å². The van der Waals surface area contributed by atoms with E-state index in [4.69, 9.17) is 4.98 Å². The highest BCUT2D eigenvalue weighted by Gasteiger charge is 2.22. The van der Waals surface area contributed by atoms with Crippen molar-refractivity contribution in [1.82, 2.24) is 14.9 Å². The Morgan fingerprint density at radius 2 is 2.26 bits per heavy atom. The molecule has 0 radical (unpaired) electrons. The molecule has 1 aliphatic heterocycles. The van der Waals surface area contributed by atoms with Crippen LogP contribution in [0, 0.1) is 6.92 Å². The Hall–Kier alpha value is -1.20. The van der Waals surface area contributed by atoms with E-state index >= 15 is 0 Å². The van der Waals surface area contributed by atoms with Gasteiger partial charge in [0, 0.05) is 24.0 Å². The summed E-state index contributed by atoms with van der Waals surface area (Å²) in [6.45, 7) is 3.88. The molecule has 1 fully saturated rings. The third kappa shape index (κ3) is 2.11. The zero-order valence-electron chi connectivity index (χ0n) is 11.0. The van der Waals surface area contributed by atoms with E-state index in [1.807, 2.05) is 26.1 Å². The Bertz CT molecular complexity index is 702. The van der Waals surface area contributed by atoms with Gasteiger partial charge in [0.2, 0.25) is 0 Å². The van der Waals surface area contributed by atoms with Gasteiger partial charge in [-0.25, -0.2) is 4.98 Å². The van der Waals surface area contributed by atoms with Crippen LogP contribution in [0.25, 0.3) is 10.9 Å². The predicted molar refractivity (Wildman–Crippen MR) is 79.6 cm³/mol. The second kappa shape index (κ2) is 4.72. The summed E-state index contributed by atoms with van der Waals surface area (Å²) >= 11 is 3.52. The highest BCUT2D eigenvalue weighted by Crippen LogP contribution is 2.25. The molecule has 0 saturated carbocycles. The zero-order valence-corrected chi connectivity index (χ0v) is 12.6. The molecular weight excluding hydrogens is 306 g/mol. The Labute approximate surface area is 120 Å². The molecule has 0 bridgehead atoms. The highest BCUT2D eigenvalue weighted by molar-refractivity contribution is 9.10. The first-order valence-corrected chi connectivity index (χ1v) is 7.24. The topological polar surface area (TPSA) is 46.9 Å². The average molecular weight is 322 g/mol. The van der Waals surface area contributed by atoms with Gasteiger partial charge in [-0.3, -0.25) is 9.36 Å². The van der Waals surface area contributed by atoms with Gasteiger partial charge < -0.3 is 5.32 Å². The summed E-state index contributed by atoms with van der Waals surface area (Å²) in [6.07, 6.45) is 1.04. The lowest BCUT2D eigenvalue weighted by Crippen LogP contribution is -2.25. The summed E-state index contributed by atoms with van der Waals surface area (Å²) in [4.78, 5) is 17.2. The fourth-order valence-corrected chi connectivity index (χ4v) is 3.39. The Morgan fingerprint density at radius 3 is 2.95 bits per heavy atom. The normalized spacial score (nSPS) is 19.2. The van der Waals surface area contributed by atoms with Crippen molar-refractivity contribution in [2.24, 2.45) is 7.05 Å². The van der Waals surface area contributed by atoms with E-state index in [-0.39, 0.29) is 5.56 Å². The van der Waals surface area contributed by atoms with Crippen molar-refractivity contribution in [2.45, 2.75) is 19.3 Å². The standard InChI is InChI=1S/C14H16BrN3O/c1-8-5-10-12(11(15)6-8)17-13(18(2)14(10)19)9-3-4-16-7-9/h5-6,9,16H,3-4,7H2,1-2H3. The van der Waals surface area contributed by atoms with Gasteiger partial charge in [0.1, 0.15) is 5.82 Å². The first-order valence-electron chi connectivity index (χ1n) is 6.45. The van der Waals surface area contributed by atoms with Crippen LogP contribution in [0.15, 0.2) is 21.4 Å². The molecule has 3 rings (SSSR count). The van der Waals surface area contributed by atoms with Crippen LogP contribution in [0.1, 0.15) is 23.7 Å². The zero-order chi connectivity index (χ0) is 13.6. The van der Waals surface area contributed by atoms with Crippen molar-refractivity contribution in [3.8, 4) is 0 Å². The number of benzene rings is 1. The molecule has 1 unspecified atom stereocenters. The Kier molecular flexibility index (Phi) is 3.19. The largest absolute Gasteiger partial charge is 0.316 e. The van der Waals surface area contributed by atoms with Crippen molar-refractivity contribution >= 4 is 26.8 Å². The van der Waals surface area contributed by atoms with Crippen LogP contribution in [0.3, 0.4) is 0 Å². The molecule has 1 aliphatic rings. The summed E-state index contributed by atoms with van der Waals surface area (Å²) in [6, 6.07) is 3.91. The quantitative estimate of drug-likeness (QED) is 0.874. The average Bonchev–Trinajstić information content (AvgIpc) is 2.88. The van der Waals surface area contributed by atoms with Crippen molar-refractivity contribution in [2.75, 3.05) is 13.1 Å². The number of fused-ring (bicyclic) bond motifs is 1. The molecular formula is C14H16BrN3O. The molecule has 2 heterocycles. The molecule has 19 heavy (non-hydrogen) atoms. The van der Waals surface area contributed by atoms with Crippen molar-refractivity contribution in [3.63, 3.8) is 0 Å². The lowest BCUT2D eigenvalue weighted by atomic mass is 10.1. The number of aryl methyl sites for hydroxylation is 1. The second-order valence-corrected chi connectivity index (χ2v) is 6.02. The highest BCUT2D eigenvalue weighted by atomic mass is 79.9. The smallest absolute Gasteiger partial charge is 0.261 e. The van der Waals surface area contributed by atoms with Crippen LogP contribution in [-0.2, 0) is 7.05 Å². The molecule has 1 aromatic carbocycles. The maximum absolute atomic E-state index is 12.5. The van der Waals surface area contributed by atoms with Crippen molar-refractivity contribution < 1.29 is 0 Å². The maximum atomic E-state index is 12.5. The van der Waals surface area contributed by atoms with Gasteiger partial charge in [-0.15, -0.1) is 0 Å². The van der Waals surface area contributed by atoms with Gasteiger partial charge in [-0.05, 0) is 53.5 Å². The SMILES string of the molecule is Cc1cc(Br)c2nc(C3CCNC3)n(C)c(=O)c2c1. The summed E-state index contributed by atoms with van der Waals surface area (Å²) in [5, 5.41) is 4.01. The van der Waals surface area contributed by atoms with Crippen LogP contribution in [0.2, 0.25) is 0 Å². The molecule has 0 amide bonds. The Morgan fingerprint density at radius 1 is 1.47 bits per heavy atom. The van der Waals surface area contributed by atoms with E-state index in [0.717, 1.165) is 40.9 Å². The second-order valence-electron chi connectivity index (χ2n) is 5.17. The summed E-state index contributed by atoms with van der Waals surface area (Å²) in [5.74, 6) is 1.21. The first-order chi connectivity index (χ1) is 9.08. The van der Waals surface area contributed by atoms with Crippen LogP contribution in [0.5, 0.6) is 0 Å². The van der Waals surface area contributed by atoms with E-state index in [1.54, 1.807) is 4.57 Å². The summed E-state index contributed by atoms with van der Waals surface area (Å²) in [5.41, 5.74) is 1.88. The van der Waals surface area contributed by atoms with Gasteiger partial charge >= 0.3 is 0 Å². The monoisotopic (exact) mass is 321 g/mol. The van der Waals surface area contributed by atoms with E-state index in [9.17, 15) is 4.79 Å². The van der Waals surface area contributed by atoms with Crippen LogP contribution < -0.4 is 10.9 Å². The number of nitrogens with zero attached hydrogens (tertiary/aromatic N) is 2. The van der Waals surface area contributed by atoms with E-state index in [2.05, 4.69) is 21.2 Å². The summed E-state index contributed by atoms with van der Waals surface area (Å²) < 4.78 is 2.60. The fraction of sp³-hybridized carbons (Fsp3) is 0.429. The molecule has 1 aromatic heterocycles. The number of hydrogen-bond donors (Lipinski definition) is 1. The van der Waals surface area contributed by atoms with Gasteiger partial charge in [0.05, 0.1) is 10.9 Å². The van der Waals surface area contributed by atoms with Gasteiger partial charge in [-0.1, -0.05) is 0 Å². The third-order valence-electron chi connectivity index (χ3n) is 3.74. The molecule has 2 aromatic rings. The lowest BCUT2D eigenvalue weighted by molar-refractivity contribution is 0.634. The predicted octanol–water partition coefficient (Wildman–Crippen LogP) is 2.08. The molecule has 100 valence electrons. The van der Waals surface area contributed by atoms with Gasteiger partial charge in [-0.2, -0.15) is 0 Å². The number of hydrogen-bond acceptors (Lipinski definition) is 3. The van der Waals surface area contributed by atoms with Gasteiger partial charge in [0.15, 0.2) is 0 Å². The fourth-order valence-electron chi connectivity index (χ4n) is 2.73. The maximum Gasteiger partial charge on any atom is 0.261 e. The lowest BCUT2D eigenvalue weighted by Gasteiger charge is -2.14. The molecule has 1 saturated heterocycles. The van der Waals surface area contributed by atoms with E-state index in [0.29, 0.717) is 11.3 Å². The molecule has 0 aliphatic carbocycles. The number of rotatable bonds is 1. The van der Waals surface area contributed by atoms with Crippen molar-refractivity contribution in [1.29, 1.82) is 0 Å². The van der Waals surface area contributed by atoms with Crippen LogP contribution in [-0.4, -0.2) is 22.6 Å². The molecule has 0 spiro atoms. The Balaban J connectivity index is 2.31. The third-order valence-corrected chi connectivity index (χ3v) is 4.34. The molecule has 4 nitrogen and oxygen atoms in total. The molecule has 1 N–H and O–H groups in total. The molecule has 1 atom stereocenters. The minimum atomic E-state index is 0.0382.